The first kappa shape index (κ1) is 18.8. The van der Waals surface area contributed by atoms with Crippen molar-refractivity contribution in [3.63, 3.8) is 0 Å². The molecule has 7 heteroatoms. The molecule has 0 saturated carbocycles. The number of hydrogen-bond acceptors (Lipinski definition) is 3. The molecule has 0 bridgehead atoms. The molecule has 2 aromatic carbocycles. The maximum atomic E-state index is 13.6. The first-order chi connectivity index (χ1) is 13.0. The molecule has 27 heavy (non-hydrogen) atoms. The maximum Gasteiger partial charge on any atom is 0.257 e. The van der Waals surface area contributed by atoms with Gasteiger partial charge in [0.2, 0.25) is 0 Å². The van der Waals surface area contributed by atoms with Crippen molar-refractivity contribution in [2.45, 2.75) is 6.42 Å². The molecule has 0 aliphatic carbocycles. The maximum absolute atomic E-state index is 13.6. The summed E-state index contributed by atoms with van der Waals surface area (Å²) in [7, 11) is 0. The molecule has 1 amide bonds. The summed E-state index contributed by atoms with van der Waals surface area (Å²) in [5, 5.41) is 5.64. The molecule has 0 saturated heterocycles. The van der Waals surface area contributed by atoms with E-state index in [1.807, 2.05) is 0 Å². The van der Waals surface area contributed by atoms with Crippen molar-refractivity contribution < 1.29 is 13.6 Å². The minimum Gasteiger partial charge on any atom is -0.370 e. The number of amides is 1. The molecule has 1 aromatic heterocycles. The molecule has 0 radical (unpaired) electrons. The Morgan fingerprint density at radius 2 is 1.85 bits per heavy atom. The van der Waals surface area contributed by atoms with E-state index in [0.29, 0.717) is 35.6 Å². The number of nitrogens with one attached hydrogen (secondary N) is 2. The molecule has 4 nitrogen and oxygen atoms in total. The monoisotopic (exact) mass is 387 g/mol. The van der Waals surface area contributed by atoms with Gasteiger partial charge in [0, 0.05) is 18.4 Å². The molecule has 3 aromatic rings. The van der Waals surface area contributed by atoms with E-state index in [-0.39, 0.29) is 16.7 Å². The average molecular weight is 388 g/mol. The first-order valence-electron chi connectivity index (χ1n) is 8.22. The second-order valence-electron chi connectivity index (χ2n) is 5.78. The Labute approximate surface area is 160 Å². The second-order valence-corrected chi connectivity index (χ2v) is 6.19. The fourth-order valence-electron chi connectivity index (χ4n) is 2.44. The van der Waals surface area contributed by atoms with Crippen molar-refractivity contribution in [1.29, 1.82) is 0 Å². The number of anilines is 2. The molecule has 0 fully saturated rings. The fourth-order valence-corrected chi connectivity index (χ4v) is 2.62. The number of carbonyl (C=O) groups is 1. The number of carbonyl (C=O) groups excluding carboxylic acids is 1. The summed E-state index contributed by atoms with van der Waals surface area (Å²) in [4.78, 5) is 16.4. The van der Waals surface area contributed by atoms with Gasteiger partial charge in [-0.1, -0.05) is 29.8 Å². The molecule has 3 rings (SSSR count). The minimum absolute atomic E-state index is 0.0691. The van der Waals surface area contributed by atoms with E-state index in [0.717, 1.165) is 0 Å². The van der Waals surface area contributed by atoms with Crippen LogP contribution in [-0.4, -0.2) is 17.4 Å². The first-order valence-corrected chi connectivity index (χ1v) is 8.60. The van der Waals surface area contributed by atoms with Crippen LogP contribution in [0.25, 0.3) is 0 Å². The lowest BCUT2D eigenvalue weighted by Gasteiger charge is -2.08. The Kier molecular flexibility index (Phi) is 5.98. The van der Waals surface area contributed by atoms with Gasteiger partial charge < -0.3 is 10.6 Å². The lowest BCUT2D eigenvalue weighted by Crippen LogP contribution is -2.13. The fraction of sp³-hybridized carbons (Fsp3) is 0.100. The molecule has 0 aliphatic rings. The third kappa shape index (κ3) is 5.01. The van der Waals surface area contributed by atoms with Crippen molar-refractivity contribution in [3.05, 3.63) is 88.6 Å². The lowest BCUT2D eigenvalue weighted by atomic mass is 10.1. The Hall–Kier alpha value is -2.99. The number of pyridine rings is 1. The predicted molar refractivity (Wildman–Crippen MR) is 102 cm³/mol. The summed E-state index contributed by atoms with van der Waals surface area (Å²) in [6.45, 7) is 0.507. The van der Waals surface area contributed by atoms with E-state index >= 15 is 0 Å². The van der Waals surface area contributed by atoms with Gasteiger partial charge in [-0.15, -0.1) is 0 Å². The van der Waals surface area contributed by atoms with E-state index in [2.05, 4.69) is 15.6 Å². The summed E-state index contributed by atoms with van der Waals surface area (Å²) in [5.74, 6) is -0.599. The smallest absolute Gasteiger partial charge is 0.257 e. The second kappa shape index (κ2) is 8.60. The number of aromatic nitrogens is 1. The standard InChI is InChI=1S/C20H16ClF2N3O/c21-16-11-15(6-7-18(16)23)26-20(27)14-5-8-19(25-12-14)24-10-9-13-3-1-2-4-17(13)22/h1-8,11-12H,9-10H2,(H,24,25)(H,26,27). The summed E-state index contributed by atoms with van der Waals surface area (Å²) in [6, 6.07) is 13.8. The van der Waals surface area contributed by atoms with Gasteiger partial charge in [-0.2, -0.15) is 0 Å². The van der Waals surface area contributed by atoms with E-state index in [4.69, 9.17) is 11.6 Å². The lowest BCUT2D eigenvalue weighted by molar-refractivity contribution is 0.102. The number of hydrogen-bond donors (Lipinski definition) is 2. The van der Waals surface area contributed by atoms with Crippen LogP contribution >= 0.6 is 11.6 Å². The number of nitrogens with zero attached hydrogens (tertiary/aromatic N) is 1. The van der Waals surface area contributed by atoms with Gasteiger partial charge in [0.05, 0.1) is 10.6 Å². The molecule has 2 N–H and O–H groups in total. The van der Waals surface area contributed by atoms with E-state index in [1.165, 1.54) is 30.5 Å². The van der Waals surface area contributed by atoms with Crippen molar-refractivity contribution in [2.75, 3.05) is 17.2 Å². The summed E-state index contributed by atoms with van der Waals surface area (Å²) in [6.07, 6.45) is 1.94. The third-order valence-corrected chi connectivity index (χ3v) is 4.15. The van der Waals surface area contributed by atoms with E-state index in [9.17, 15) is 13.6 Å². The molecule has 138 valence electrons. The van der Waals surface area contributed by atoms with Gasteiger partial charge in [0.25, 0.3) is 5.91 Å². The largest absolute Gasteiger partial charge is 0.370 e. The third-order valence-electron chi connectivity index (χ3n) is 3.86. The van der Waals surface area contributed by atoms with Crippen LogP contribution in [0.15, 0.2) is 60.8 Å². The average Bonchev–Trinajstić information content (AvgIpc) is 2.67. The van der Waals surface area contributed by atoms with Crippen LogP contribution in [0.2, 0.25) is 5.02 Å². The zero-order chi connectivity index (χ0) is 19.2. The van der Waals surface area contributed by atoms with Gasteiger partial charge in [0.1, 0.15) is 17.5 Å². The van der Waals surface area contributed by atoms with Crippen LogP contribution in [0.1, 0.15) is 15.9 Å². The molecule has 0 spiro atoms. The van der Waals surface area contributed by atoms with Gasteiger partial charge >= 0.3 is 0 Å². The van der Waals surface area contributed by atoms with Crippen LogP contribution in [0.4, 0.5) is 20.3 Å². The van der Waals surface area contributed by atoms with Crippen LogP contribution in [0.5, 0.6) is 0 Å². The van der Waals surface area contributed by atoms with Crippen molar-refractivity contribution in [1.82, 2.24) is 4.98 Å². The normalized spacial score (nSPS) is 10.5. The topological polar surface area (TPSA) is 54.0 Å². The highest BCUT2D eigenvalue weighted by atomic mass is 35.5. The van der Waals surface area contributed by atoms with Gasteiger partial charge in [0.15, 0.2) is 0 Å². The number of halogens is 3. The zero-order valence-electron chi connectivity index (χ0n) is 14.2. The zero-order valence-corrected chi connectivity index (χ0v) is 14.9. The van der Waals surface area contributed by atoms with Gasteiger partial charge in [-0.25, -0.2) is 13.8 Å². The summed E-state index contributed by atoms with van der Waals surface area (Å²) in [5.41, 5.74) is 1.35. The molecule has 0 atom stereocenters. The van der Waals surface area contributed by atoms with Gasteiger partial charge in [-0.05, 0) is 48.4 Å². The van der Waals surface area contributed by atoms with Crippen LogP contribution < -0.4 is 10.6 Å². The molecular weight excluding hydrogens is 372 g/mol. The highest BCUT2D eigenvalue weighted by Gasteiger charge is 2.09. The van der Waals surface area contributed by atoms with E-state index in [1.54, 1.807) is 30.3 Å². The predicted octanol–water partition coefficient (Wildman–Crippen LogP) is 4.92. The van der Waals surface area contributed by atoms with Crippen LogP contribution in [0.3, 0.4) is 0 Å². The van der Waals surface area contributed by atoms with Crippen LogP contribution in [-0.2, 0) is 6.42 Å². The van der Waals surface area contributed by atoms with Crippen molar-refractivity contribution in [3.8, 4) is 0 Å². The Bertz CT molecular complexity index is 948. The quantitative estimate of drug-likeness (QED) is 0.631. The molecule has 1 heterocycles. The van der Waals surface area contributed by atoms with Crippen LogP contribution in [0, 0.1) is 11.6 Å². The Balaban J connectivity index is 1.55. The SMILES string of the molecule is O=C(Nc1ccc(F)c(Cl)c1)c1ccc(NCCc2ccccc2F)nc1. The Morgan fingerprint density at radius 1 is 1.04 bits per heavy atom. The van der Waals surface area contributed by atoms with E-state index < -0.39 is 5.82 Å². The van der Waals surface area contributed by atoms with Crippen molar-refractivity contribution >= 4 is 29.0 Å². The van der Waals surface area contributed by atoms with Gasteiger partial charge in [-0.3, -0.25) is 4.79 Å². The van der Waals surface area contributed by atoms with Crippen molar-refractivity contribution in [2.24, 2.45) is 0 Å². The Morgan fingerprint density at radius 3 is 2.56 bits per heavy atom. The summed E-state index contributed by atoms with van der Waals surface area (Å²) < 4.78 is 26.7. The highest BCUT2D eigenvalue weighted by molar-refractivity contribution is 6.31. The number of rotatable bonds is 6. The minimum atomic E-state index is -0.554. The summed E-state index contributed by atoms with van der Waals surface area (Å²) >= 11 is 5.70. The number of benzene rings is 2. The molecular formula is C20H16ClF2N3O. The molecule has 0 unspecified atom stereocenters. The highest BCUT2D eigenvalue weighted by Crippen LogP contribution is 2.20. The molecule has 0 aliphatic heterocycles.